The predicted molar refractivity (Wildman–Crippen MR) is 109 cm³/mol. The van der Waals surface area contributed by atoms with E-state index < -0.39 is 5.54 Å². The average molecular weight is 406 g/mol. The van der Waals surface area contributed by atoms with Gasteiger partial charge in [-0.2, -0.15) is 11.8 Å². The number of thioether (sulfide) groups is 1. The standard InChI is InChI=1S/C20H21ClFN3OS/c1-12-19(23)25-20(2,7-8-27-12)15-9-13(3-5-16(15)22)10-18(26)17-6-4-14(21)11-24-17/h3-6,9,11-12H,7-8,10H2,1-2H3,(H2,23,25)/t12?,20-/m0/s1. The van der Waals surface area contributed by atoms with Crippen molar-refractivity contribution in [2.24, 2.45) is 10.7 Å². The summed E-state index contributed by atoms with van der Waals surface area (Å²) in [6, 6.07) is 7.95. The first-order valence-electron chi connectivity index (χ1n) is 8.69. The molecule has 1 aromatic carbocycles. The highest BCUT2D eigenvalue weighted by molar-refractivity contribution is 8.00. The van der Waals surface area contributed by atoms with Crippen LogP contribution in [0, 0.1) is 5.82 Å². The number of nitrogens with zero attached hydrogens (tertiary/aromatic N) is 2. The Kier molecular flexibility index (Phi) is 5.86. The molecule has 142 valence electrons. The van der Waals surface area contributed by atoms with Crippen LogP contribution in [-0.2, 0) is 12.0 Å². The summed E-state index contributed by atoms with van der Waals surface area (Å²) >= 11 is 7.52. The molecule has 0 saturated carbocycles. The number of hydrogen-bond acceptors (Lipinski definition) is 5. The van der Waals surface area contributed by atoms with Crippen molar-refractivity contribution < 1.29 is 9.18 Å². The maximum atomic E-state index is 14.6. The van der Waals surface area contributed by atoms with Crippen LogP contribution >= 0.6 is 23.4 Å². The minimum atomic E-state index is -0.747. The van der Waals surface area contributed by atoms with E-state index in [1.54, 1.807) is 36.0 Å². The van der Waals surface area contributed by atoms with Crippen LogP contribution in [0.2, 0.25) is 5.02 Å². The minimum Gasteiger partial charge on any atom is -0.387 e. The maximum absolute atomic E-state index is 14.6. The first-order chi connectivity index (χ1) is 12.8. The highest BCUT2D eigenvalue weighted by atomic mass is 35.5. The molecule has 0 radical (unpaired) electrons. The molecule has 3 rings (SSSR count). The molecule has 7 heteroatoms. The van der Waals surface area contributed by atoms with Crippen molar-refractivity contribution in [3.05, 3.63) is 64.2 Å². The number of benzene rings is 1. The van der Waals surface area contributed by atoms with E-state index in [1.165, 1.54) is 12.3 Å². The Morgan fingerprint density at radius 3 is 2.89 bits per heavy atom. The molecular formula is C20H21ClFN3OS. The van der Waals surface area contributed by atoms with Crippen LogP contribution < -0.4 is 5.73 Å². The van der Waals surface area contributed by atoms with E-state index in [9.17, 15) is 9.18 Å². The zero-order valence-corrected chi connectivity index (χ0v) is 16.8. The zero-order valence-electron chi connectivity index (χ0n) is 15.2. The highest BCUT2D eigenvalue weighted by Crippen LogP contribution is 2.36. The quantitative estimate of drug-likeness (QED) is 0.765. The van der Waals surface area contributed by atoms with Gasteiger partial charge in [-0.15, -0.1) is 0 Å². The zero-order chi connectivity index (χ0) is 19.6. The van der Waals surface area contributed by atoms with Crippen LogP contribution in [0.5, 0.6) is 0 Å². The summed E-state index contributed by atoms with van der Waals surface area (Å²) < 4.78 is 14.6. The van der Waals surface area contributed by atoms with Crippen molar-refractivity contribution in [3.63, 3.8) is 0 Å². The summed E-state index contributed by atoms with van der Waals surface area (Å²) in [7, 11) is 0. The highest BCUT2D eigenvalue weighted by Gasteiger charge is 2.32. The largest absolute Gasteiger partial charge is 0.387 e. The average Bonchev–Trinajstić information content (AvgIpc) is 2.76. The van der Waals surface area contributed by atoms with E-state index in [2.05, 4.69) is 9.98 Å². The fraction of sp³-hybridized carbons (Fsp3) is 0.350. The van der Waals surface area contributed by atoms with E-state index in [1.807, 2.05) is 13.8 Å². The van der Waals surface area contributed by atoms with Crippen molar-refractivity contribution in [1.29, 1.82) is 0 Å². The number of amidine groups is 1. The molecule has 2 N–H and O–H groups in total. The van der Waals surface area contributed by atoms with Crippen LogP contribution in [-0.4, -0.2) is 27.6 Å². The molecule has 2 heterocycles. The molecule has 1 aliphatic heterocycles. The third-order valence-corrected chi connectivity index (χ3v) is 6.14. The Morgan fingerprint density at radius 1 is 1.41 bits per heavy atom. The lowest BCUT2D eigenvalue weighted by Crippen LogP contribution is -2.28. The van der Waals surface area contributed by atoms with Crippen molar-refractivity contribution in [2.75, 3.05) is 5.75 Å². The number of hydrogen-bond donors (Lipinski definition) is 1. The molecule has 0 fully saturated rings. The maximum Gasteiger partial charge on any atom is 0.185 e. The van der Waals surface area contributed by atoms with Crippen LogP contribution in [0.3, 0.4) is 0 Å². The SMILES string of the molecule is CC1SCC[C@@](C)(c2cc(CC(=O)c3ccc(Cl)cn3)ccc2F)N=C1N. The van der Waals surface area contributed by atoms with Crippen molar-refractivity contribution in [3.8, 4) is 0 Å². The summed E-state index contributed by atoms with van der Waals surface area (Å²) in [4.78, 5) is 21.2. The Morgan fingerprint density at radius 2 is 2.19 bits per heavy atom. The van der Waals surface area contributed by atoms with E-state index in [0.717, 1.165) is 5.75 Å². The lowest BCUT2D eigenvalue weighted by Gasteiger charge is -2.26. The number of carbonyl (C=O) groups excluding carboxylic acids is 1. The Labute approximate surface area is 167 Å². The normalized spacial score (nSPS) is 22.8. The van der Waals surface area contributed by atoms with E-state index in [0.29, 0.717) is 34.1 Å². The fourth-order valence-corrected chi connectivity index (χ4v) is 4.26. The molecule has 1 aliphatic rings. The summed E-state index contributed by atoms with van der Waals surface area (Å²) in [6.07, 6.45) is 2.24. The summed E-state index contributed by atoms with van der Waals surface area (Å²) in [6.45, 7) is 3.89. The van der Waals surface area contributed by atoms with Crippen LogP contribution in [0.15, 0.2) is 41.5 Å². The van der Waals surface area contributed by atoms with Crippen molar-refractivity contribution in [2.45, 2.75) is 37.5 Å². The second-order valence-electron chi connectivity index (χ2n) is 6.85. The van der Waals surface area contributed by atoms with Gasteiger partial charge >= 0.3 is 0 Å². The van der Waals surface area contributed by atoms with Gasteiger partial charge in [0.2, 0.25) is 0 Å². The van der Waals surface area contributed by atoms with Gasteiger partial charge in [-0.05, 0) is 55.9 Å². The van der Waals surface area contributed by atoms with Crippen molar-refractivity contribution in [1.82, 2.24) is 4.98 Å². The molecule has 0 bridgehead atoms. The van der Waals surface area contributed by atoms with E-state index in [-0.39, 0.29) is 23.3 Å². The van der Waals surface area contributed by atoms with Gasteiger partial charge in [-0.1, -0.05) is 17.7 Å². The van der Waals surface area contributed by atoms with Crippen LogP contribution in [0.25, 0.3) is 0 Å². The van der Waals surface area contributed by atoms with Crippen LogP contribution in [0.1, 0.15) is 41.9 Å². The number of carbonyl (C=O) groups is 1. The number of aromatic nitrogens is 1. The molecule has 1 unspecified atom stereocenters. The van der Waals surface area contributed by atoms with E-state index in [4.69, 9.17) is 17.3 Å². The fourth-order valence-electron chi connectivity index (χ4n) is 3.06. The van der Waals surface area contributed by atoms with Crippen molar-refractivity contribution >= 4 is 35.0 Å². The number of ketones is 1. The smallest absolute Gasteiger partial charge is 0.185 e. The molecule has 0 saturated heterocycles. The number of pyridine rings is 1. The molecule has 4 nitrogen and oxygen atoms in total. The molecule has 2 atom stereocenters. The third-order valence-electron chi connectivity index (χ3n) is 4.74. The van der Waals surface area contributed by atoms with Gasteiger partial charge in [0.1, 0.15) is 17.3 Å². The first-order valence-corrected chi connectivity index (χ1v) is 10.1. The predicted octanol–water partition coefficient (Wildman–Crippen LogP) is 4.40. The minimum absolute atomic E-state index is 0.107. The topological polar surface area (TPSA) is 68.3 Å². The number of Topliss-reactive ketones (excluding diaryl/α,β-unsaturated/α-hetero) is 1. The summed E-state index contributed by atoms with van der Waals surface area (Å²) in [5, 5.41) is 0.579. The summed E-state index contributed by atoms with van der Waals surface area (Å²) in [5.74, 6) is 0.863. The Hall–Kier alpha value is -1.92. The third kappa shape index (κ3) is 4.50. The van der Waals surface area contributed by atoms with Crippen LogP contribution in [0.4, 0.5) is 4.39 Å². The molecule has 0 amide bonds. The lowest BCUT2D eigenvalue weighted by atomic mass is 9.87. The van der Waals surface area contributed by atoms with Gasteiger partial charge in [0.25, 0.3) is 0 Å². The van der Waals surface area contributed by atoms with Gasteiger partial charge in [0, 0.05) is 18.2 Å². The molecule has 27 heavy (non-hydrogen) atoms. The first kappa shape index (κ1) is 19.8. The number of aliphatic imine (C=N–C) groups is 1. The van der Waals surface area contributed by atoms with E-state index >= 15 is 0 Å². The monoisotopic (exact) mass is 405 g/mol. The Balaban J connectivity index is 1.90. The summed E-state index contributed by atoms with van der Waals surface area (Å²) in [5.41, 5.74) is 6.85. The number of halogens is 2. The molecular weight excluding hydrogens is 385 g/mol. The van der Waals surface area contributed by atoms with Gasteiger partial charge in [0.15, 0.2) is 5.78 Å². The second kappa shape index (κ2) is 7.98. The number of rotatable bonds is 4. The lowest BCUT2D eigenvalue weighted by molar-refractivity contribution is 0.0988. The molecule has 0 aliphatic carbocycles. The second-order valence-corrected chi connectivity index (χ2v) is 8.73. The number of nitrogens with two attached hydrogens (primary N) is 1. The van der Waals surface area contributed by atoms with Gasteiger partial charge in [0.05, 0.1) is 15.8 Å². The van der Waals surface area contributed by atoms with Gasteiger partial charge < -0.3 is 5.73 Å². The molecule has 0 spiro atoms. The van der Waals surface area contributed by atoms with Gasteiger partial charge in [-0.25, -0.2) is 4.39 Å². The molecule has 1 aromatic heterocycles. The van der Waals surface area contributed by atoms with Gasteiger partial charge in [-0.3, -0.25) is 14.8 Å². The molecule has 2 aromatic rings. The Bertz CT molecular complexity index is 887.